The second kappa shape index (κ2) is 4.03. The third-order valence-electron chi connectivity index (χ3n) is 1.10. The number of rotatable bonds is 4. The van der Waals surface area contributed by atoms with Gasteiger partial charge in [-0.15, -0.1) is 0 Å². The number of nitrogens with two attached hydrogens (primary N) is 2. The standard InChI is InChI=1S/C6H12N2O2/c1-4(6(9)10)2-5(8)3-7/h5H,1-3,7-8H2,(H,9,10)/p-1. The molecule has 0 aromatic rings. The van der Waals surface area contributed by atoms with Crippen molar-refractivity contribution in [3.8, 4) is 0 Å². The smallest absolute Gasteiger partial charge is 0.0669 e. The molecule has 0 fully saturated rings. The van der Waals surface area contributed by atoms with E-state index in [-0.39, 0.29) is 24.6 Å². The van der Waals surface area contributed by atoms with E-state index < -0.39 is 5.97 Å². The Morgan fingerprint density at radius 2 is 2.20 bits per heavy atom. The van der Waals surface area contributed by atoms with Crippen LogP contribution < -0.4 is 16.6 Å². The SMILES string of the molecule is C=C(CC(N)CN)C(=O)[O-]. The topological polar surface area (TPSA) is 92.2 Å². The van der Waals surface area contributed by atoms with Gasteiger partial charge in [0.15, 0.2) is 0 Å². The lowest BCUT2D eigenvalue weighted by atomic mass is 10.1. The summed E-state index contributed by atoms with van der Waals surface area (Å²) in [7, 11) is 0. The number of carboxylic acid groups (broad SMARTS) is 1. The monoisotopic (exact) mass is 143 g/mol. The second-order valence-corrected chi connectivity index (χ2v) is 2.09. The lowest BCUT2D eigenvalue weighted by Crippen LogP contribution is -2.33. The van der Waals surface area contributed by atoms with Crippen LogP contribution in [0.4, 0.5) is 0 Å². The van der Waals surface area contributed by atoms with Gasteiger partial charge in [0, 0.05) is 12.6 Å². The van der Waals surface area contributed by atoms with Crippen molar-refractivity contribution in [3.05, 3.63) is 12.2 Å². The van der Waals surface area contributed by atoms with Gasteiger partial charge in [-0.1, -0.05) is 6.58 Å². The Morgan fingerprint density at radius 3 is 2.50 bits per heavy atom. The molecule has 0 heterocycles. The Kier molecular flexibility index (Phi) is 3.68. The van der Waals surface area contributed by atoms with Crippen molar-refractivity contribution >= 4 is 5.97 Å². The van der Waals surface area contributed by atoms with Crippen molar-refractivity contribution in [1.82, 2.24) is 0 Å². The van der Waals surface area contributed by atoms with Crippen molar-refractivity contribution in [1.29, 1.82) is 0 Å². The Morgan fingerprint density at radius 1 is 1.70 bits per heavy atom. The zero-order valence-corrected chi connectivity index (χ0v) is 5.67. The molecule has 0 aliphatic carbocycles. The Hall–Kier alpha value is -0.870. The van der Waals surface area contributed by atoms with Gasteiger partial charge in [0.25, 0.3) is 0 Å². The Bertz CT molecular complexity index is 145. The minimum atomic E-state index is -1.26. The molecule has 0 saturated heterocycles. The third-order valence-corrected chi connectivity index (χ3v) is 1.10. The number of carbonyl (C=O) groups is 1. The molecule has 0 bridgehead atoms. The molecule has 0 saturated carbocycles. The first-order chi connectivity index (χ1) is 4.57. The summed E-state index contributed by atoms with van der Waals surface area (Å²) in [5.74, 6) is -1.26. The highest BCUT2D eigenvalue weighted by Crippen LogP contribution is 1.97. The van der Waals surface area contributed by atoms with Crippen LogP contribution in [0.25, 0.3) is 0 Å². The van der Waals surface area contributed by atoms with Gasteiger partial charge in [-0.3, -0.25) is 0 Å². The highest BCUT2D eigenvalue weighted by atomic mass is 16.4. The van der Waals surface area contributed by atoms with Crippen LogP contribution in [0.3, 0.4) is 0 Å². The molecule has 4 N–H and O–H groups in total. The average Bonchev–Trinajstić information content (AvgIpc) is 1.87. The van der Waals surface area contributed by atoms with Crippen molar-refractivity contribution < 1.29 is 9.90 Å². The third kappa shape index (κ3) is 3.21. The van der Waals surface area contributed by atoms with Crippen LogP contribution in [-0.4, -0.2) is 18.6 Å². The maximum Gasteiger partial charge on any atom is 0.0669 e. The molecular weight excluding hydrogens is 132 g/mol. The van der Waals surface area contributed by atoms with E-state index in [0.29, 0.717) is 0 Å². The van der Waals surface area contributed by atoms with E-state index in [1.54, 1.807) is 0 Å². The summed E-state index contributed by atoms with van der Waals surface area (Å²) >= 11 is 0. The van der Waals surface area contributed by atoms with Crippen LogP contribution in [0.15, 0.2) is 12.2 Å². The zero-order valence-electron chi connectivity index (χ0n) is 5.67. The Labute approximate surface area is 59.5 Å². The normalized spacial score (nSPS) is 12.6. The molecule has 0 radical (unpaired) electrons. The molecule has 1 atom stereocenters. The first-order valence-electron chi connectivity index (χ1n) is 2.92. The predicted octanol–water partition coefficient (Wildman–Crippen LogP) is -2.03. The van der Waals surface area contributed by atoms with Crippen molar-refractivity contribution in [2.24, 2.45) is 11.5 Å². The van der Waals surface area contributed by atoms with E-state index >= 15 is 0 Å². The fourth-order valence-corrected chi connectivity index (χ4v) is 0.483. The summed E-state index contributed by atoms with van der Waals surface area (Å²) in [6.45, 7) is 3.50. The van der Waals surface area contributed by atoms with Gasteiger partial charge in [0.05, 0.1) is 5.97 Å². The van der Waals surface area contributed by atoms with Crippen LogP contribution in [0.2, 0.25) is 0 Å². The summed E-state index contributed by atoms with van der Waals surface area (Å²) < 4.78 is 0. The first kappa shape index (κ1) is 9.13. The van der Waals surface area contributed by atoms with E-state index in [1.165, 1.54) is 0 Å². The molecule has 0 aromatic heterocycles. The molecule has 1 unspecified atom stereocenters. The molecule has 4 heteroatoms. The van der Waals surface area contributed by atoms with Gasteiger partial charge < -0.3 is 21.4 Å². The van der Waals surface area contributed by atoms with Gasteiger partial charge in [-0.2, -0.15) is 0 Å². The molecule has 0 spiro atoms. The molecule has 10 heavy (non-hydrogen) atoms. The predicted molar refractivity (Wildman–Crippen MR) is 35.8 cm³/mol. The van der Waals surface area contributed by atoms with E-state index in [2.05, 4.69) is 6.58 Å². The molecule has 0 aliphatic rings. The quantitative estimate of drug-likeness (QED) is 0.444. The molecule has 0 amide bonds. The van der Waals surface area contributed by atoms with Crippen molar-refractivity contribution in [2.75, 3.05) is 6.54 Å². The van der Waals surface area contributed by atoms with Gasteiger partial charge in [-0.05, 0) is 12.0 Å². The second-order valence-electron chi connectivity index (χ2n) is 2.09. The van der Waals surface area contributed by atoms with Crippen LogP contribution in [0, 0.1) is 0 Å². The van der Waals surface area contributed by atoms with Crippen molar-refractivity contribution in [2.45, 2.75) is 12.5 Å². The molecule has 58 valence electrons. The molecule has 0 aromatic carbocycles. The fraction of sp³-hybridized carbons (Fsp3) is 0.500. The van der Waals surface area contributed by atoms with Crippen LogP contribution in [-0.2, 0) is 4.79 Å². The minimum absolute atomic E-state index is 0.00190. The maximum atomic E-state index is 10.0. The van der Waals surface area contributed by atoms with Gasteiger partial charge >= 0.3 is 0 Å². The number of carbonyl (C=O) groups excluding carboxylic acids is 1. The summed E-state index contributed by atoms with van der Waals surface area (Å²) in [4.78, 5) is 10.0. The van der Waals surface area contributed by atoms with Crippen LogP contribution in [0.5, 0.6) is 0 Å². The molecule has 0 aliphatic heterocycles. The number of hydrogen-bond acceptors (Lipinski definition) is 4. The summed E-state index contributed by atoms with van der Waals surface area (Å²) in [6.07, 6.45) is 0.193. The summed E-state index contributed by atoms with van der Waals surface area (Å²) in [6, 6.07) is -0.328. The van der Waals surface area contributed by atoms with E-state index in [4.69, 9.17) is 11.5 Å². The minimum Gasteiger partial charge on any atom is -0.545 e. The van der Waals surface area contributed by atoms with Gasteiger partial charge in [-0.25, -0.2) is 0 Å². The highest BCUT2D eigenvalue weighted by Gasteiger charge is 2.01. The zero-order chi connectivity index (χ0) is 8.15. The summed E-state index contributed by atoms with van der Waals surface area (Å²) in [5, 5.41) is 10.0. The number of aliphatic carboxylic acids is 1. The Balaban J connectivity index is 3.68. The maximum absolute atomic E-state index is 10.0. The van der Waals surface area contributed by atoms with E-state index in [1.807, 2.05) is 0 Å². The fourth-order valence-electron chi connectivity index (χ4n) is 0.483. The molecule has 0 rings (SSSR count). The number of hydrogen-bond donors (Lipinski definition) is 2. The largest absolute Gasteiger partial charge is 0.545 e. The lowest BCUT2D eigenvalue weighted by Gasteiger charge is -2.10. The highest BCUT2D eigenvalue weighted by molar-refractivity contribution is 5.83. The first-order valence-corrected chi connectivity index (χ1v) is 2.92. The van der Waals surface area contributed by atoms with E-state index in [9.17, 15) is 9.90 Å². The molecule has 4 nitrogen and oxygen atoms in total. The molecular formula is C6H11N2O2-. The van der Waals surface area contributed by atoms with Gasteiger partial charge in [0.2, 0.25) is 0 Å². The van der Waals surface area contributed by atoms with Gasteiger partial charge in [0.1, 0.15) is 0 Å². The van der Waals surface area contributed by atoms with E-state index in [0.717, 1.165) is 0 Å². The average molecular weight is 143 g/mol. The number of carboxylic acids is 1. The summed E-state index contributed by atoms with van der Waals surface area (Å²) in [5.41, 5.74) is 10.5. The van der Waals surface area contributed by atoms with Crippen molar-refractivity contribution in [3.63, 3.8) is 0 Å². The van der Waals surface area contributed by atoms with Crippen LogP contribution >= 0.6 is 0 Å². The van der Waals surface area contributed by atoms with Crippen LogP contribution in [0.1, 0.15) is 6.42 Å². The lowest BCUT2D eigenvalue weighted by molar-refractivity contribution is -0.299.